The third-order valence-corrected chi connectivity index (χ3v) is 6.14. The molecule has 0 unspecified atom stereocenters. The van der Waals surface area contributed by atoms with Gasteiger partial charge < -0.3 is 14.0 Å². The van der Waals surface area contributed by atoms with Crippen molar-refractivity contribution in [2.45, 2.75) is 40.2 Å². The van der Waals surface area contributed by atoms with Crippen LogP contribution in [0.2, 0.25) is 5.02 Å². The Hall–Kier alpha value is -2.64. The molecule has 0 bridgehead atoms. The van der Waals surface area contributed by atoms with E-state index in [9.17, 15) is 9.59 Å². The fourth-order valence-electron chi connectivity index (χ4n) is 3.06. The molecule has 0 aliphatic rings. The molecule has 0 aliphatic carbocycles. The van der Waals surface area contributed by atoms with Gasteiger partial charge in [-0.05, 0) is 62.2 Å². The number of halogens is 1. The van der Waals surface area contributed by atoms with Crippen molar-refractivity contribution in [2.24, 2.45) is 4.99 Å². The van der Waals surface area contributed by atoms with Crippen molar-refractivity contribution in [3.63, 3.8) is 0 Å². The molecule has 0 aliphatic heterocycles. The van der Waals surface area contributed by atoms with Gasteiger partial charge in [-0.3, -0.25) is 9.59 Å². The molecule has 0 saturated carbocycles. The van der Waals surface area contributed by atoms with E-state index in [0.29, 0.717) is 22.0 Å². The lowest BCUT2D eigenvalue weighted by Crippen LogP contribution is -2.23. The van der Waals surface area contributed by atoms with Gasteiger partial charge in [-0.25, -0.2) is 0 Å². The minimum Gasteiger partial charge on any atom is -0.494 e. The molecule has 3 rings (SSSR count). The number of amides is 1. The maximum absolute atomic E-state index is 12.8. The fraction of sp³-hybridized carbons (Fsp3) is 0.348. The quantitative estimate of drug-likeness (QED) is 0.344. The summed E-state index contributed by atoms with van der Waals surface area (Å²) in [7, 11) is 0. The zero-order chi connectivity index (χ0) is 22.4. The smallest absolute Gasteiger partial charge is 0.326 e. The number of nitrogens with zero attached hydrogens (tertiary/aromatic N) is 2. The summed E-state index contributed by atoms with van der Waals surface area (Å²) >= 11 is 7.63. The molecule has 0 N–H and O–H groups in total. The van der Waals surface area contributed by atoms with Crippen molar-refractivity contribution in [3.05, 3.63) is 57.3 Å². The van der Waals surface area contributed by atoms with Crippen LogP contribution in [-0.4, -0.2) is 29.7 Å². The molecule has 31 heavy (non-hydrogen) atoms. The molecule has 0 saturated heterocycles. The average molecular weight is 461 g/mol. The highest BCUT2D eigenvalue weighted by molar-refractivity contribution is 7.16. The van der Waals surface area contributed by atoms with Gasteiger partial charge in [-0.1, -0.05) is 36.3 Å². The van der Waals surface area contributed by atoms with E-state index in [-0.39, 0.29) is 13.2 Å². The van der Waals surface area contributed by atoms with Crippen molar-refractivity contribution in [1.29, 1.82) is 0 Å². The van der Waals surface area contributed by atoms with E-state index >= 15 is 0 Å². The van der Waals surface area contributed by atoms with Gasteiger partial charge >= 0.3 is 5.97 Å². The molecular weight excluding hydrogens is 436 g/mol. The standard InChI is InChI=1S/C23H25ClN2O4S/c1-4-6-13-30-17-9-7-16(8-10-17)22(28)25-23-26(14-20(27)29-5-2)21-15(3)18(24)11-12-19(21)31-23/h7-12H,4-6,13-14H2,1-3H3. The highest BCUT2D eigenvalue weighted by Gasteiger charge is 2.16. The number of aromatic nitrogens is 1. The van der Waals surface area contributed by atoms with Crippen LogP contribution in [0.4, 0.5) is 0 Å². The summed E-state index contributed by atoms with van der Waals surface area (Å²) in [4.78, 5) is 29.7. The Bertz CT molecular complexity index is 1150. The van der Waals surface area contributed by atoms with Gasteiger partial charge in [0.2, 0.25) is 0 Å². The number of fused-ring (bicyclic) bond motifs is 1. The van der Waals surface area contributed by atoms with Crippen LogP contribution in [-0.2, 0) is 16.1 Å². The SMILES string of the molecule is CCCCOc1ccc(C(=O)N=c2sc3ccc(Cl)c(C)c3n2CC(=O)OCC)cc1. The largest absolute Gasteiger partial charge is 0.494 e. The highest BCUT2D eigenvalue weighted by Crippen LogP contribution is 2.27. The van der Waals surface area contributed by atoms with Gasteiger partial charge in [0.05, 0.1) is 23.4 Å². The topological polar surface area (TPSA) is 69.9 Å². The predicted octanol–water partition coefficient (Wildman–Crippen LogP) is 5.15. The van der Waals surface area contributed by atoms with Crippen LogP contribution < -0.4 is 9.54 Å². The second-order valence-corrected chi connectivity index (χ2v) is 8.35. The number of carbonyl (C=O) groups excluding carboxylic acids is 2. The lowest BCUT2D eigenvalue weighted by molar-refractivity contribution is -0.143. The number of hydrogen-bond acceptors (Lipinski definition) is 5. The molecule has 0 spiro atoms. The first-order valence-electron chi connectivity index (χ1n) is 10.2. The van der Waals surface area contributed by atoms with Gasteiger partial charge in [0.1, 0.15) is 12.3 Å². The first-order chi connectivity index (χ1) is 14.9. The van der Waals surface area contributed by atoms with E-state index in [1.165, 1.54) is 11.3 Å². The summed E-state index contributed by atoms with van der Waals surface area (Å²) in [6.07, 6.45) is 2.03. The first-order valence-corrected chi connectivity index (χ1v) is 11.4. The van der Waals surface area contributed by atoms with Gasteiger partial charge in [-0.2, -0.15) is 4.99 Å². The minimum atomic E-state index is -0.399. The summed E-state index contributed by atoms with van der Waals surface area (Å²) < 4.78 is 13.3. The molecule has 1 heterocycles. The Kier molecular flexibility index (Phi) is 7.87. The number of unbranched alkanes of at least 4 members (excludes halogenated alkanes) is 1. The lowest BCUT2D eigenvalue weighted by atomic mass is 10.2. The molecule has 8 heteroatoms. The lowest BCUT2D eigenvalue weighted by Gasteiger charge is -2.08. The molecule has 3 aromatic rings. The zero-order valence-corrected chi connectivity index (χ0v) is 19.4. The number of carbonyl (C=O) groups is 2. The van der Waals surface area contributed by atoms with Crippen LogP contribution in [0.3, 0.4) is 0 Å². The fourth-order valence-corrected chi connectivity index (χ4v) is 4.30. The minimum absolute atomic E-state index is 0.0503. The van der Waals surface area contributed by atoms with E-state index < -0.39 is 11.9 Å². The number of benzene rings is 2. The van der Waals surface area contributed by atoms with Gasteiger partial charge in [-0.15, -0.1) is 0 Å². The Morgan fingerprint density at radius 3 is 2.55 bits per heavy atom. The van der Waals surface area contributed by atoms with Crippen LogP contribution in [0, 0.1) is 6.92 Å². The summed E-state index contributed by atoms with van der Waals surface area (Å²) in [5.74, 6) is -0.0772. The Morgan fingerprint density at radius 2 is 1.87 bits per heavy atom. The number of esters is 1. The van der Waals surface area contributed by atoms with Gasteiger partial charge in [0, 0.05) is 10.6 Å². The average Bonchev–Trinajstić information content (AvgIpc) is 3.09. The van der Waals surface area contributed by atoms with Crippen LogP contribution in [0.5, 0.6) is 5.75 Å². The van der Waals surface area contributed by atoms with Crippen molar-refractivity contribution in [3.8, 4) is 5.75 Å². The Balaban J connectivity index is 1.97. The Labute approximate surface area is 190 Å². The third kappa shape index (κ3) is 5.54. The molecule has 1 aromatic heterocycles. The van der Waals surface area contributed by atoms with Gasteiger partial charge in [0.15, 0.2) is 4.80 Å². The van der Waals surface area contributed by atoms with Crippen LogP contribution >= 0.6 is 22.9 Å². The second kappa shape index (κ2) is 10.6. The van der Waals surface area contributed by atoms with Crippen molar-refractivity contribution in [1.82, 2.24) is 4.57 Å². The molecule has 6 nitrogen and oxygen atoms in total. The summed E-state index contributed by atoms with van der Waals surface area (Å²) in [5, 5.41) is 0.583. The van der Waals surface area contributed by atoms with Crippen molar-refractivity contribution in [2.75, 3.05) is 13.2 Å². The van der Waals surface area contributed by atoms with E-state index in [4.69, 9.17) is 21.1 Å². The predicted molar refractivity (Wildman–Crippen MR) is 123 cm³/mol. The van der Waals surface area contributed by atoms with E-state index in [2.05, 4.69) is 11.9 Å². The molecule has 164 valence electrons. The molecule has 0 atom stereocenters. The van der Waals surface area contributed by atoms with Crippen molar-refractivity contribution >= 4 is 45.0 Å². The summed E-state index contributed by atoms with van der Waals surface area (Å²) in [6, 6.07) is 10.6. The maximum atomic E-state index is 12.8. The van der Waals surface area contributed by atoms with E-state index in [1.54, 1.807) is 41.8 Å². The second-order valence-electron chi connectivity index (χ2n) is 6.94. The number of aryl methyl sites for hydroxylation is 1. The number of thiazole rings is 1. The van der Waals surface area contributed by atoms with Crippen LogP contribution in [0.15, 0.2) is 41.4 Å². The van der Waals surface area contributed by atoms with Crippen molar-refractivity contribution < 1.29 is 19.1 Å². The molecule has 0 fully saturated rings. The Morgan fingerprint density at radius 1 is 1.13 bits per heavy atom. The normalized spacial score (nSPS) is 11.7. The number of ether oxygens (including phenoxy) is 2. The molecular formula is C23H25ClN2O4S. The van der Waals surface area contributed by atoms with Crippen LogP contribution in [0.1, 0.15) is 42.6 Å². The maximum Gasteiger partial charge on any atom is 0.326 e. The van der Waals surface area contributed by atoms with Gasteiger partial charge in [0.25, 0.3) is 5.91 Å². The summed E-state index contributed by atoms with van der Waals surface area (Å²) in [6.45, 7) is 6.60. The van der Waals surface area contributed by atoms with E-state index in [0.717, 1.165) is 34.4 Å². The van der Waals surface area contributed by atoms with E-state index in [1.807, 2.05) is 13.0 Å². The molecule has 0 radical (unpaired) electrons. The summed E-state index contributed by atoms with van der Waals surface area (Å²) in [5.41, 5.74) is 2.04. The number of rotatable bonds is 8. The van der Waals surface area contributed by atoms with Crippen LogP contribution in [0.25, 0.3) is 10.2 Å². The number of hydrogen-bond donors (Lipinski definition) is 0. The monoisotopic (exact) mass is 460 g/mol. The molecule has 2 aromatic carbocycles. The highest BCUT2D eigenvalue weighted by atomic mass is 35.5. The first kappa shape index (κ1) is 23.0. The molecule has 1 amide bonds. The third-order valence-electron chi connectivity index (χ3n) is 4.69. The zero-order valence-electron chi connectivity index (χ0n) is 17.8.